The van der Waals surface area contributed by atoms with E-state index in [1.54, 1.807) is 12.5 Å². The van der Waals surface area contributed by atoms with Crippen LogP contribution in [0.15, 0.2) is 73.3 Å². The second-order valence-corrected chi connectivity index (χ2v) is 5.12. The predicted molar refractivity (Wildman–Crippen MR) is 85.9 cm³/mol. The summed E-state index contributed by atoms with van der Waals surface area (Å²) in [6.07, 6.45) is 5.40. The van der Waals surface area contributed by atoms with Crippen molar-refractivity contribution in [2.45, 2.75) is 13.0 Å². The van der Waals surface area contributed by atoms with Crippen LogP contribution in [-0.2, 0) is 0 Å². The molecule has 0 radical (unpaired) electrons. The molecule has 4 nitrogen and oxygen atoms in total. The smallest absolute Gasteiger partial charge is 0.251 e. The zero-order valence-electron chi connectivity index (χ0n) is 12.3. The van der Waals surface area contributed by atoms with Crippen LogP contribution in [0.5, 0.6) is 0 Å². The van der Waals surface area contributed by atoms with Gasteiger partial charge in [-0.05, 0) is 36.8 Å². The van der Waals surface area contributed by atoms with Crippen LogP contribution in [0.1, 0.15) is 28.9 Å². The number of rotatable bonds is 4. The monoisotopic (exact) mass is 291 g/mol. The lowest BCUT2D eigenvalue weighted by molar-refractivity contribution is 0.0940. The van der Waals surface area contributed by atoms with Gasteiger partial charge in [0.25, 0.3) is 5.91 Å². The third kappa shape index (κ3) is 3.06. The van der Waals surface area contributed by atoms with Gasteiger partial charge in [-0.25, -0.2) is 4.98 Å². The standard InChI is InChI=1S/C18H17N3O/c1-14(20-18(22)16-5-3-2-4-6-16)15-7-9-17(10-8-15)21-12-11-19-13-21/h2-14H,1H3,(H,20,22)/t14-/m1/s1. The van der Waals surface area contributed by atoms with Gasteiger partial charge in [-0.3, -0.25) is 4.79 Å². The first-order chi connectivity index (χ1) is 10.7. The van der Waals surface area contributed by atoms with Crippen LogP contribution in [0.4, 0.5) is 0 Å². The van der Waals surface area contributed by atoms with Crippen molar-refractivity contribution >= 4 is 5.91 Å². The van der Waals surface area contributed by atoms with Gasteiger partial charge in [0.15, 0.2) is 0 Å². The van der Waals surface area contributed by atoms with E-state index in [1.165, 1.54) is 0 Å². The highest BCUT2D eigenvalue weighted by Gasteiger charge is 2.11. The van der Waals surface area contributed by atoms with E-state index in [-0.39, 0.29) is 11.9 Å². The van der Waals surface area contributed by atoms with Gasteiger partial charge in [-0.2, -0.15) is 0 Å². The van der Waals surface area contributed by atoms with Crippen molar-refractivity contribution < 1.29 is 4.79 Å². The molecule has 0 aliphatic rings. The van der Waals surface area contributed by atoms with Crippen molar-refractivity contribution in [3.05, 3.63) is 84.4 Å². The molecule has 1 atom stereocenters. The normalized spacial score (nSPS) is 11.9. The van der Waals surface area contributed by atoms with Crippen LogP contribution < -0.4 is 5.32 Å². The molecule has 0 saturated heterocycles. The van der Waals surface area contributed by atoms with Crippen LogP contribution in [0.3, 0.4) is 0 Å². The molecule has 0 unspecified atom stereocenters. The van der Waals surface area contributed by atoms with Crippen LogP contribution in [-0.4, -0.2) is 15.5 Å². The quantitative estimate of drug-likeness (QED) is 0.801. The van der Waals surface area contributed by atoms with Crippen molar-refractivity contribution in [1.29, 1.82) is 0 Å². The summed E-state index contributed by atoms with van der Waals surface area (Å²) in [6.45, 7) is 1.98. The fourth-order valence-electron chi connectivity index (χ4n) is 2.30. The number of amides is 1. The van der Waals surface area contributed by atoms with Gasteiger partial charge in [-0.1, -0.05) is 30.3 Å². The second-order valence-electron chi connectivity index (χ2n) is 5.12. The Morgan fingerprint density at radius 2 is 1.82 bits per heavy atom. The zero-order chi connectivity index (χ0) is 15.4. The largest absolute Gasteiger partial charge is 0.346 e. The van der Waals surface area contributed by atoms with E-state index in [9.17, 15) is 4.79 Å². The van der Waals surface area contributed by atoms with Gasteiger partial charge in [0, 0.05) is 23.6 Å². The van der Waals surface area contributed by atoms with E-state index in [1.807, 2.05) is 72.3 Å². The van der Waals surface area contributed by atoms with Crippen LogP contribution in [0, 0.1) is 0 Å². The minimum absolute atomic E-state index is 0.0513. The Labute approximate surface area is 129 Å². The molecule has 0 fully saturated rings. The first kappa shape index (κ1) is 14.1. The molecule has 3 aromatic rings. The lowest BCUT2D eigenvalue weighted by Crippen LogP contribution is -2.26. The number of benzene rings is 2. The van der Waals surface area contributed by atoms with E-state index in [2.05, 4.69) is 10.3 Å². The molecule has 110 valence electrons. The highest BCUT2D eigenvalue weighted by molar-refractivity contribution is 5.94. The summed E-state index contributed by atoms with van der Waals surface area (Å²) in [7, 11) is 0. The van der Waals surface area contributed by atoms with Gasteiger partial charge >= 0.3 is 0 Å². The maximum atomic E-state index is 12.2. The van der Waals surface area contributed by atoms with Crippen LogP contribution in [0.25, 0.3) is 5.69 Å². The van der Waals surface area contributed by atoms with E-state index in [4.69, 9.17) is 0 Å². The molecule has 1 N–H and O–H groups in total. The highest BCUT2D eigenvalue weighted by Crippen LogP contribution is 2.16. The van der Waals surface area contributed by atoms with Crippen molar-refractivity contribution in [2.75, 3.05) is 0 Å². The first-order valence-corrected chi connectivity index (χ1v) is 7.18. The number of aromatic nitrogens is 2. The molecule has 0 spiro atoms. The predicted octanol–water partition coefficient (Wildman–Crippen LogP) is 3.36. The summed E-state index contributed by atoms with van der Waals surface area (Å²) in [5.74, 6) is -0.0632. The Kier molecular flexibility index (Phi) is 4.01. The molecule has 4 heteroatoms. The summed E-state index contributed by atoms with van der Waals surface area (Å²) >= 11 is 0. The number of carbonyl (C=O) groups is 1. The first-order valence-electron chi connectivity index (χ1n) is 7.18. The van der Waals surface area contributed by atoms with Crippen molar-refractivity contribution in [3.8, 4) is 5.69 Å². The Morgan fingerprint density at radius 1 is 1.09 bits per heavy atom. The summed E-state index contributed by atoms with van der Waals surface area (Å²) in [5, 5.41) is 3.01. The second kappa shape index (κ2) is 6.26. The Bertz CT molecular complexity index is 734. The Hall–Kier alpha value is -2.88. The summed E-state index contributed by atoms with van der Waals surface area (Å²) in [6, 6.07) is 17.3. The topological polar surface area (TPSA) is 46.9 Å². The van der Waals surface area contributed by atoms with Crippen LogP contribution in [0.2, 0.25) is 0 Å². The van der Waals surface area contributed by atoms with Gasteiger partial charge < -0.3 is 9.88 Å². The molecule has 1 heterocycles. The molecular weight excluding hydrogens is 274 g/mol. The van der Waals surface area contributed by atoms with E-state index >= 15 is 0 Å². The summed E-state index contributed by atoms with van der Waals surface area (Å²) < 4.78 is 1.94. The number of hydrogen-bond donors (Lipinski definition) is 1. The van der Waals surface area contributed by atoms with Gasteiger partial charge in [-0.15, -0.1) is 0 Å². The van der Waals surface area contributed by atoms with E-state index < -0.39 is 0 Å². The van der Waals surface area contributed by atoms with Crippen molar-refractivity contribution in [1.82, 2.24) is 14.9 Å². The van der Waals surface area contributed by atoms with Crippen molar-refractivity contribution in [2.24, 2.45) is 0 Å². The Morgan fingerprint density at radius 3 is 2.45 bits per heavy atom. The molecule has 3 rings (SSSR count). The van der Waals surface area contributed by atoms with Gasteiger partial charge in [0.05, 0.1) is 12.4 Å². The molecule has 0 aliphatic carbocycles. The molecular formula is C18H17N3O. The summed E-state index contributed by atoms with van der Waals surface area (Å²) in [4.78, 5) is 16.2. The molecule has 1 amide bonds. The fourth-order valence-corrected chi connectivity index (χ4v) is 2.30. The molecule has 0 bridgehead atoms. The van der Waals surface area contributed by atoms with E-state index in [0.717, 1.165) is 11.3 Å². The maximum Gasteiger partial charge on any atom is 0.251 e. The zero-order valence-corrected chi connectivity index (χ0v) is 12.3. The van der Waals surface area contributed by atoms with Crippen LogP contribution >= 0.6 is 0 Å². The number of hydrogen-bond acceptors (Lipinski definition) is 2. The lowest BCUT2D eigenvalue weighted by Gasteiger charge is -2.15. The minimum atomic E-state index is -0.0632. The third-order valence-electron chi connectivity index (χ3n) is 3.58. The number of nitrogens with zero attached hydrogens (tertiary/aromatic N) is 2. The maximum absolute atomic E-state index is 12.2. The average Bonchev–Trinajstić information content (AvgIpc) is 3.10. The lowest BCUT2D eigenvalue weighted by atomic mass is 10.1. The highest BCUT2D eigenvalue weighted by atomic mass is 16.1. The Balaban J connectivity index is 1.70. The molecule has 1 aromatic heterocycles. The van der Waals surface area contributed by atoms with Crippen molar-refractivity contribution in [3.63, 3.8) is 0 Å². The molecule has 0 saturated carbocycles. The minimum Gasteiger partial charge on any atom is -0.346 e. The molecule has 2 aromatic carbocycles. The average molecular weight is 291 g/mol. The molecule has 0 aliphatic heterocycles. The number of imidazole rings is 1. The van der Waals surface area contributed by atoms with Gasteiger partial charge in [0.1, 0.15) is 0 Å². The molecule has 22 heavy (non-hydrogen) atoms. The SMILES string of the molecule is C[C@@H](NC(=O)c1ccccc1)c1ccc(-n2ccnc2)cc1. The fraction of sp³-hybridized carbons (Fsp3) is 0.111. The van der Waals surface area contributed by atoms with E-state index in [0.29, 0.717) is 5.56 Å². The van der Waals surface area contributed by atoms with Gasteiger partial charge in [0.2, 0.25) is 0 Å². The third-order valence-corrected chi connectivity index (χ3v) is 3.58. The number of carbonyl (C=O) groups excluding carboxylic acids is 1. The number of nitrogens with one attached hydrogen (secondary N) is 1. The summed E-state index contributed by atoms with van der Waals surface area (Å²) in [5.41, 5.74) is 2.78.